The second-order valence-corrected chi connectivity index (χ2v) is 8.24. The van der Waals surface area contributed by atoms with Crippen LogP contribution in [0.4, 0.5) is 0 Å². The van der Waals surface area contributed by atoms with Gasteiger partial charge in [0.05, 0.1) is 10.6 Å². The molecule has 1 aliphatic heterocycles. The highest BCUT2D eigenvalue weighted by Crippen LogP contribution is 2.46. The molecule has 1 saturated carbocycles. The van der Waals surface area contributed by atoms with Gasteiger partial charge in [-0.05, 0) is 56.9 Å². The highest BCUT2D eigenvalue weighted by atomic mass is 32.2. The van der Waals surface area contributed by atoms with E-state index in [2.05, 4.69) is 6.58 Å². The molecule has 0 saturated heterocycles. The van der Waals surface area contributed by atoms with E-state index in [4.69, 9.17) is 4.74 Å². The summed E-state index contributed by atoms with van der Waals surface area (Å²) in [4.78, 5) is 0.302. The standard InChI is InChI=1S/C19H25NO3S/c1-4-18-16-8-6-7-9-17(16)19(23-5-2)20(18)24(21,22)15-12-10-14(3)11-13-15/h4,10-13,17,19H,1,5-9H2,2-3H3/t17-,19+/m1/s1. The number of hydrogen-bond donors (Lipinski definition) is 0. The first kappa shape index (κ1) is 17.2. The van der Waals surface area contributed by atoms with Crippen molar-refractivity contribution in [2.45, 2.75) is 50.7 Å². The van der Waals surface area contributed by atoms with E-state index in [0.29, 0.717) is 11.5 Å². The number of allylic oxidation sites excluding steroid dienone is 1. The van der Waals surface area contributed by atoms with Gasteiger partial charge in [0.25, 0.3) is 10.0 Å². The monoisotopic (exact) mass is 347 g/mol. The summed E-state index contributed by atoms with van der Waals surface area (Å²) in [5, 5.41) is 0. The van der Waals surface area contributed by atoms with Crippen LogP contribution >= 0.6 is 0 Å². The summed E-state index contributed by atoms with van der Waals surface area (Å²) in [6, 6.07) is 6.99. The Morgan fingerprint density at radius 1 is 1.29 bits per heavy atom. The minimum Gasteiger partial charge on any atom is -0.357 e. The summed E-state index contributed by atoms with van der Waals surface area (Å²) in [7, 11) is -3.67. The van der Waals surface area contributed by atoms with Gasteiger partial charge in [-0.25, -0.2) is 12.7 Å². The molecule has 2 atom stereocenters. The highest BCUT2D eigenvalue weighted by Gasteiger charge is 2.46. The van der Waals surface area contributed by atoms with Crippen LogP contribution in [0.2, 0.25) is 0 Å². The van der Waals surface area contributed by atoms with E-state index in [0.717, 1.165) is 36.9 Å². The quantitative estimate of drug-likeness (QED) is 0.809. The van der Waals surface area contributed by atoms with Gasteiger partial charge in [-0.1, -0.05) is 30.7 Å². The fourth-order valence-electron chi connectivity index (χ4n) is 3.78. The van der Waals surface area contributed by atoms with Crippen molar-refractivity contribution in [1.29, 1.82) is 0 Å². The number of ether oxygens (including phenoxy) is 1. The molecule has 1 aliphatic carbocycles. The Labute approximate surface area is 144 Å². The van der Waals surface area contributed by atoms with Crippen LogP contribution in [0.3, 0.4) is 0 Å². The molecule has 24 heavy (non-hydrogen) atoms. The van der Waals surface area contributed by atoms with Crippen LogP contribution in [0.1, 0.15) is 38.2 Å². The number of hydrogen-bond acceptors (Lipinski definition) is 3. The number of sulfonamides is 1. The Morgan fingerprint density at radius 3 is 2.62 bits per heavy atom. The number of benzene rings is 1. The lowest BCUT2D eigenvalue weighted by Crippen LogP contribution is -2.40. The first-order chi connectivity index (χ1) is 11.5. The van der Waals surface area contributed by atoms with Gasteiger partial charge in [0.2, 0.25) is 0 Å². The average Bonchev–Trinajstić information content (AvgIpc) is 2.90. The summed E-state index contributed by atoms with van der Waals surface area (Å²) >= 11 is 0. The Bertz CT molecular complexity index is 749. The van der Waals surface area contributed by atoms with E-state index >= 15 is 0 Å². The van der Waals surface area contributed by atoms with Gasteiger partial charge in [0.15, 0.2) is 6.23 Å². The first-order valence-corrected chi connectivity index (χ1v) is 10.0. The molecular formula is C19H25NO3S. The van der Waals surface area contributed by atoms with Crippen molar-refractivity contribution in [1.82, 2.24) is 4.31 Å². The van der Waals surface area contributed by atoms with Gasteiger partial charge in [0.1, 0.15) is 0 Å². The van der Waals surface area contributed by atoms with Gasteiger partial charge < -0.3 is 4.74 Å². The summed E-state index contributed by atoms with van der Waals surface area (Å²) in [6.45, 7) is 8.22. The Morgan fingerprint density at radius 2 is 2.00 bits per heavy atom. The lowest BCUT2D eigenvalue weighted by atomic mass is 9.84. The Balaban J connectivity index is 2.09. The van der Waals surface area contributed by atoms with Crippen molar-refractivity contribution in [3.63, 3.8) is 0 Å². The molecule has 0 amide bonds. The van der Waals surface area contributed by atoms with Crippen LogP contribution < -0.4 is 0 Å². The molecule has 4 nitrogen and oxygen atoms in total. The number of fused-ring (bicyclic) bond motifs is 1. The maximum atomic E-state index is 13.3. The third kappa shape index (κ3) is 2.80. The number of rotatable bonds is 5. The molecule has 3 rings (SSSR count). The zero-order valence-electron chi connectivity index (χ0n) is 14.4. The average molecular weight is 347 g/mol. The van der Waals surface area contributed by atoms with Crippen molar-refractivity contribution in [3.8, 4) is 0 Å². The molecule has 5 heteroatoms. The van der Waals surface area contributed by atoms with Crippen LogP contribution in [-0.2, 0) is 14.8 Å². The van der Waals surface area contributed by atoms with Crippen molar-refractivity contribution < 1.29 is 13.2 Å². The summed E-state index contributed by atoms with van der Waals surface area (Å²) < 4.78 is 34.0. The van der Waals surface area contributed by atoms with E-state index in [-0.39, 0.29) is 5.92 Å². The maximum absolute atomic E-state index is 13.3. The van der Waals surface area contributed by atoms with E-state index in [9.17, 15) is 8.42 Å². The van der Waals surface area contributed by atoms with Crippen LogP contribution in [-0.4, -0.2) is 25.6 Å². The predicted molar refractivity (Wildman–Crippen MR) is 94.8 cm³/mol. The molecule has 0 bridgehead atoms. The highest BCUT2D eigenvalue weighted by molar-refractivity contribution is 7.89. The lowest BCUT2D eigenvalue weighted by Gasteiger charge is -2.31. The SMILES string of the molecule is C=CC1=C2CCCC[C@H]2[C@H](OCC)N1S(=O)(=O)c1ccc(C)cc1. The molecule has 0 spiro atoms. The second-order valence-electron chi connectivity index (χ2n) is 6.43. The smallest absolute Gasteiger partial charge is 0.266 e. The van der Waals surface area contributed by atoms with Crippen molar-refractivity contribution in [2.24, 2.45) is 5.92 Å². The minimum absolute atomic E-state index is 0.145. The van der Waals surface area contributed by atoms with Gasteiger partial charge in [-0.15, -0.1) is 0 Å². The Hall–Kier alpha value is -1.59. The number of nitrogens with zero attached hydrogens (tertiary/aromatic N) is 1. The third-order valence-electron chi connectivity index (χ3n) is 4.91. The summed E-state index contributed by atoms with van der Waals surface area (Å²) in [5.41, 5.74) is 2.94. The number of aryl methyl sites for hydroxylation is 1. The fourth-order valence-corrected chi connectivity index (χ4v) is 5.42. The maximum Gasteiger partial charge on any atom is 0.266 e. The third-order valence-corrected chi connectivity index (χ3v) is 6.70. The molecule has 130 valence electrons. The van der Waals surface area contributed by atoms with Gasteiger partial charge in [0, 0.05) is 12.5 Å². The first-order valence-electron chi connectivity index (χ1n) is 8.59. The molecule has 1 fully saturated rings. The predicted octanol–water partition coefficient (Wildman–Crippen LogP) is 3.99. The molecule has 0 aromatic heterocycles. The molecule has 1 aromatic rings. The fraction of sp³-hybridized carbons (Fsp3) is 0.474. The summed E-state index contributed by atoms with van der Waals surface area (Å²) in [5.74, 6) is 0.145. The minimum atomic E-state index is -3.67. The van der Waals surface area contributed by atoms with Crippen molar-refractivity contribution in [2.75, 3.05) is 6.61 Å². The molecule has 2 aliphatic rings. The molecule has 1 heterocycles. The van der Waals surface area contributed by atoms with E-state index < -0.39 is 16.3 Å². The molecule has 0 unspecified atom stereocenters. The molecule has 0 radical (unpaired) electrons. The van der Waals surface area contributed by atoms with E-state index in [1.165, 1.54) is 9.88 Å². The van der Waals surface area contributed by atoms with Crippen molar-refractivity contribution in [3.05, 3.63) is 53.8 Å². The second kappa shape index (κ2) is 6.73. The zero-order valence-corrected chi connectivity index (χ0v) is 15.2. The Kier molecular flexibility index (Phi) is 4.83. The lowest BCUT2D eigenvalue weighted by molar-refractivity contribution is -0.0207. The zero-order chi connectivity index (χ0) is 17.3. The van der Waals surface area contributed by atoms with Crippen LogP contribution in [0.5, 0.6) is 0 Å². The summed E-state index contributed by atoms with van der Waals surface area (Å²) in [6.07, 6.45) is 5.33. The van der Waals surface area contributed by atoms with Gasteiger partial charge >= 0.3 is 0 Å². The molecular weight excluding hydrogens is 322 g/mol. The molecule has 0 N–H and O–H groups in total. The van der Waals surface area contributed by atoms with E-state index in [1.54, 1.807) is 18.2 Å². The van der Waals surface area contributed by atoms with Crippen LogP contribution in [0, 0.1) is 12.8 Å². The van der Waals surface area contributed by atoms with E-state index in [1.807, 2.05) is 26.0 Å². The van der Waals surface area contributed by atoms with Crippen LogP contribution in [0.25, 0.3) is 0 Å². The van der Waals surface area contributed by atoms with Gasteiger partial charge in [-0.3, -0.25) is 0 Å². The largest absolute Gasteiger partial charge is 0.357 e. The normalized spacial score (nSPS) is 24.2. The van der Waals surface area contributed by atoms with Crippen molar-refractivity contribution >= 4 is 10.0 Å². The molecule has 1 aromatic carbocycles. The van der Waals surface area contributed by atoms with Gasteiger partial charge in [-0.2, -0.15) is 0 Å². The van der Waals surface area contributed by atoms with Crippen LogP contribution in [0.15, 0.2) is 53.1 Å². The topological polar surface area (TPSA) is 46.6 Å².